The molecule has 162 valence electrons. The van der Waals surface area contributed by atoms with E-state index in [1.165, 1.54) is 32.7 Å². The molecular formula is C18H21N3O7S2. The third kappa shape index (κ3) is 5.14. The maximum atomic E-state index is 12.7. The van der Waals surface area contributed by atoms with Crippen LogP contribution in [0, 0.1) is 10.1 Å². The van der Waals surface area contributed by atoms with Crippen LogP contribution in [-0.4, -0.2) is 68.4 Å². The Balaban J connectivity index is 1.72. The Morgan fingerprint density at radius 3 is 2.70 bits per heavy atom. The molecule has 2 heterocycles. The van der Waals surface area contributed by atoms with Crippen LogP contribution in [0.5, 0.6) is 5.75 Å². The van der Waals surface area contributed by atoms with Crippen LogP contribution in [0.4, 0.5) is 5.69 Å². The average molecular weight is 456 g/mol. The van der Waals surface area contributed by atoms with E-state index >= 15 is 0 Å². The summed E-state index contributed by atoms with van der Waals surface area (Å²) >= 11 is 1.51. The zero-order valence-electron chi connectivity index (χ0n) is 16.2. The van der Waals surface area contributed by atoms with Gasteiger partial charge in [-0.15, -0.1) is 11.3 Å². The number of morpholine rings is 1. The predicted octanol–water partition coefficient (Wildman–Crippen LogP) is 1.71. The number of rotatable bonds is 8. The third-order valence-corrected chi connectivity index (χ3v) is 7.24. The molecule has 1 aromatic heterocycles. The second-order valence-electron chi connectivity index (χ2n) is 6.52. The van der Waals surface area contributed by atoms with Gasteiger partial charge in [0.1, 0.15) is 0 Å². The SMILES string of the molecule is CN(Cc1cccs1)C(=O)COc1ccc(S(=O)(=O)N2CCOCC2)cc1[N+](=O)[O-]. The van der Waals surface area contributed by atoms with Crippen LogP contribution in [0.3, 0.4) is 0 Å². The molecule has 1 aliphatic rings. The van der Waals surface area contributed by atoms with Gasteiger partial charge in [0.05, 0.1) is 29.6 Å². The Hall–Kier alpha value is -2.54. The molecule has 0 radical (unpaired) electrons. The molecule has 2 aromatic rings. The van der Waals surface area contributed by atoms with E-state index in [2.05, 4.69) is 0 Å². The average Bonchev–Trinajstić information content (AvgIpc) is 3.25. The third-order valence-electron chi connectivity index (χ3n) is 4.48. The number of ether oxygens (including phenoxy) is 2. The fourth-order valence-electron chi connectivity index (χ4n) is 2.83. The number of likely N-dealkylation sites (N-methyl/N-ethyl adjacent to an activating group) is 1. The highest BCUT2D eigenvalue weighted by molar-refractivity contribution is 7.89. The lowest BCUT2D eigenvalue weighted by Crippen LogP contribution is -2.40. The number of thiophene rings is 1. The lowest BCUT2D eigenvalue weighted by atomic mass is 10.3. The van der Waals surface area contributed by atoms with Gasteiger partial charge in [0.15, 0.2) is 12.4 Å². The van der Waals surface area contributed by atoms with Crippen molar-refractivity contribution >= 4 is 33.0 Å². The molecule has 1 aliphatic heterocycles. The largest absolute Gasteiger partial charge is 0.477 e. The minimum atomic E-state index is -3.89. The second kappa shape index (κ2) is 9.51. The smallest absolute Gasteiger partial charge is 0.312 e. The van der Waals surface area contributed by atoms with Crippen LogP contribution in [0.25, 0.3) is 0 Å². The normalized spacial score (nSPS) is 15.0. The van der Waals surface area contributed by atoms with Crippen molar-refractivity contribution < 1.29 is 27.6 Å². The Morgan fingerprint density at radius 1 is 1.33 bits per heavy atom. The first-order valence-electron chi connectivity index (χ1n) is 9.04. The first-order valence-corrected chi connectivity index (χ1v) is 11.4. The van der Waals surface area contributed by atoms with Crippen LogP contribution in [0.15, 0.2) is 40.6 Å². The number of amides is 1. The van der Waals surface area contributed by atoms with Gasteiger partial charge >= 0.3 is 5.69 Å². The Kier molecular flexibility index (Phi) is 7.02. The molecule has 1 fully saturated rings. The highest BCUT2D eigenvalue weighted by Crippen LogP contribution is 2.31. The summed E-state index contributed by atoms with van der Waals surface area (Å²) in [7, 11) is -2.28. The number of nitro groups is 1. The number of benzene rings is 1. The van der Waals surface area contributed by atoms with E-state index in [1.54, 1.807) is 7.05 Å². The molecule has 10 nitrogen and oxygen atoms in total. The molecule has 12 heteroatoms. The van der Waals surface area contributed by atoms with Gasteiger partial charge in [-0.1, -0.05) is 6.07 Å². The number of carbonyl (C=O) groups excluding carboxylic acids is 1. The molecule has 3 rings (SSSR count). The first-order chi connectivity index (χ1) is 14.3. The van der Waals surface area contributed by atoms with E-state index in [-0.39, 0.29) is 42.9 Å². The summed E-state index contributed by atoms with van der Waals surface area (Å²) in [6.45, 7) is 0.892. The van der Waals surface area contributed by atoms with Gasteiger partial charge < -0.3 is 14.4 Å². The number of hydrogen-bond acceptors (Lipinski definition) is 8. The van der Waals surface area contributed by atoms with Gasteiger partial charge in [-0.2, -0.15) is 4.31 Å². The zero-order chi connectivity index (χ0) is 21.7. The fourth-order valence-corrected chi connectivity index (χ4v) is 5.02. The van der Waals surface area contributed by atoms with Crippen LogP contribution in [0.1, 0.15) is 4.88 Å². The number of carbonyl (C=O) groups is 1. The first kappa shape index (κ1) is 22.2. The molecule has 0 unspecified atom stereocenters. The van der Waals surface area contributed by atoms with Crippen molar-refractivity contribution in [3.8, 4) is 5.75 Å². The van der Waals surface area contributed by atoms with Crippen molar-refractivity contribution in [1.29, 1.82) is 0 Å². The number of hydrogen-bond donors (Lipinski definition) is 0. The minimum Gasteiger partial charge on any atom is -0.477 e. The van der Waals surface area contributed by atoms with E-state index in [0.717, 1.165) is 10.9 Å². The fraction of sp³-hybridized carbons (Fsp3) is 0.389. The van der Waals surface area contributed by atoms with Crippen molar-refractivity contribution in [2.45, 2.75) is 11.4 Å². The Labute approximate surface area is 177 Å². The van der Waals surface area contributed by atoms with Crippen molar-refractivity contribution in [3.63, 3.8) is 0 Å². The highest BCUT2D eigenvalue weighted by atomic mass is 32.2. The van der Waals surface area contributed by atoms with Gasteiger partial charge in [0.25, 0.3) is 5.91 Å². The van der Waals surface area contributed by atoms with Gasteiger partial charge in [-0.05, 0) is 23.6 Å². The molecule has 0 N–H and O–H groups in total. The van der Waals surface area contributed by atoms with Gasteiger partial charge in [-0.25, -0.2) is 8.42 Å². The summed E-state index contributed by atoms with van der Waals surface area (Å²) in [5.74, 6) is -0.526. The number of nitrogens with zero attached hydrogens (tertiary/aromatic N) is 3. The molecular weight excluding hydrogens is 434 g/mol. The summed E-state index contributed by atoms with van der Waals surface area (Å²) < 4.78 is 37.2. The summed E-state index contributed by atoms with van der Waals surface area (Å²) in [4.78, 5) is 25.3. The van der Waals surface area contributed by atoms with E-state index in [4.69, 9.17) is 9.47 Å². The molecule has 0 aliphatic carbocycles. The summed E-state index contributed by atoms with van der Waals surface area (Å²) in [5.41, 5.74) is -0.516. The van der Waals surface area contributed by atoms with Gasteiger partial charge in [-0.3, -0.25) is 14.9 Å². The molecule has 30 heavy (non-hydrogen) atoms. The quantitative estimate of drug-likeness (QED) is 0.439. The van der Waals surface area contributed by atoms with Crippen LogP contribution >= 0.6 is 11.3 Å². The van der Waals surface area contributed by atoms with Crippen LogP contribution in [-0.2, 0) is 26.1 Å². The van der Waals surface area contributed by atoms with Gasteiger partial charge in [0.2, 0.25) is 10.0 Å². The number of sulfonamides is 1. The Bertz CT molecular complexity index is 1000. The topological polar surface area (TPSA) is 119 Å². The monoisotopic (exact) mass is 455 g/mol. The van der Waals surface area contributed by atoms with Crippen molar-refractivity contribution in [1.82, 2.24) is 9.21 Å². The van der Waals surface area contributed by atoms with E-state index < -0.39 is 27.2 Å². The summed E-state index contributed by atoms with van der Waals surface area (Å²) in [6.07, 6.45) is 0. The van der Waals surface area contributed by atoms with E-state index in [1.807, 2.05) is 17.5 Å². The maximum absolute atomic E-state index is 12.7. The predicted molar refractivity (Wildman–Crippen MR) is 109 cm³/mol. The standard InChI is InChI=1S/C18H21N3O7S2/c1-19(12-14-3-2-10-29-14)18(22)13-28-17-5-4-15(11-16(17)21(23)24)30(25,26)20-6-8-27-9-7-20/h2-5,10-11H,6-9,12-13H2,1H3. The summed E-state index contributed by atoms with van der Waals surface area (Å²) in [5, 5.41) is 13.4. The van der Waals surface area contributed by atoms with E-state index in [0.29, 0.717) is 6.54 Å². The molecule has 1 saturated heterocycles. The molecule has 1 amide bonds. The zero-order valence-corrected chi connectivity index (χ0v) is 17.9. The highest BCUT2D eigenvalue weighted by Gasteiger charge is 2.29. The van der Waals surface area contributed by atoms with Gasteiger partial charge in [0, 0.05) is 31.1 Å². The second-order valence-corrected chi connectivity index (χ2v) is 9.49. The van der Waals surface area contributed by atoms with E-state index in [9.17, 15) is 23.3 Å². The van der Waals surface area contributed by atoms with Crippen LogP contribution < -0.4 is 4.74 Å². The number of nitro benzene ring substituents is 1. The van der Waals surface area contributed by atoms with Crippen molar-refractivity contribution in [2.24, 2.45) is 0 Å². The minimum absolute atomic E-state index is 0.168. The summed E-state index contributed by atoms with van der Waals surface area (Å²) in [6, 6.07) is 7.18. The maximum Gasteiger partial charge on any atom is 0.312 e. The van der Waals surface area contributed by atoms with Crippen molar-refractivity contribution in [2.75, 3.05) is 40.0 Å². The lowest BCUT2D eigenvalue weighted by molar-refractivity contribution is -0.386. The van der Waals surface area contributed by atoms with Crippen LogP contribution in [0.2, 0.25) is 0 Å². The van der Waals surface area contributed by atoms with Crippen molar-refractivity contribution in [3.05, 3.63) is 50.7 Å². The molecule has 0 bridgehead atoms. The molecule has 0 atom stereocenters. The molecule has 0 spiro atoms. The lowest BCUT2D eigenvalue weighted by Gasteiger charge is -2.26. The molecule has 1 aromatic carbocycles. The molecule has 0 saturated carbocycles. The Morgan fingerprint density at radius 2 is 2.07 bits per heavy atom.